The van der Waals surface area contributed by atoms with Crippen molar-refractivity contribution >= 4 is 15.5 Å². The molecule has 0 fully saturated rings. The first-order chi connectivity index (χ1) is 8.95. The van der Waals surface area contributed by atoms with Crippen molar-refractivity contribution in [1.82, 2.24) is 10.2 Å². The van der Waals surface area contributed by atoms with Crippen LogP contribution in [0.4, 0.5) is 5.69 Å². The van der Waals surface area contributed by atoms with Gasteiger partial charge in [0.15, 0.2) is 6.07 Å². The third-order valence-electron chi connectivity index (χ3n) is 2.09. The normalized spacial score (nSPS) is 10.9. The molecule has 0 bridgehead atoms. The maximum atomic E-state index is 12.0. The van der Waals surface area contributed by atoms with E-state index in [0.717, 1.165) is 24.3 Å². The standard InChI is InChI=1S/C9H4N4O5S/c10-5-8-11-12-9(18-8)19(16,17)7-3-1-6(2-4-7)13(14)15/h1-4H. The summed E-state index contributed by atoms with van der Waals surface area (Å²) in [7, 11) is -4.08. The van der Waals surface area contributed by atoms with E-state index in [-0.39, 0.29) is 10.6 Å². The molecule has 0 N–H and O–H groups in total. The number of benzene rings is 1. The van der Waals surface area contributed by atoms with Gasteiger partial charge in [-0.2, -0.15) is 5.26 Å². The molecule has 0 spiro atoms. The zero-order valence-corrected chi connectivity index (χ0v) is 9.86. The molecule has 0 aliphatic heterocycles. The van der Waals surface area contributed by atoms with Crippen molar-refractivity contribution in [2.45, 2.75) is 10.1 Å². The maximum Gasteiger partial charge on any atom is 0.341 e. The summed E-state index contributed by atoms with van der Waals surface area (Å²) in [5.74, 6) is -0.486. The van der Waals surface area contributed by atoms with Gasteiger partial charge in [-0.25, -0.2) is 8.42 Å². The molecule has 0 unspecified atom stereocenters. The second-order valence-corrected chi connectivity index (χ2v) is 5.07. The van der Waals surface area contributed by atoms with Crippen molar-refractivity contribution in [1.29, 1.82) is 5.26 Å². The SMILES string of the molecule is N#Cc1nnc(S(=O)(=O)c2ccc([N+](=O)[O-])cc2)o1. The van der Waals surface area contributed by atoms with Gasteiger partial charge in [0.1, 0.15) is 0 Å². The number of aromatic nitrogens is 2. The Balaban J connectivity index is 2.45. The van der Waals surface area contributed by atoms with Gasteiger partial charge in [-0.15, -0.1) is 0 Å². The predicted octanol–water partition coefficient (Wildman–Crippen LogP) is 0.682. The minimum Gasteiger partial charge on any atom is -0.399 e. The molecule has 1 aromatic heterocycles. The van der Waals surface area contributed by atoms with E-state index in [1.807, 2.05) is 0 Å². The number of nitro benzene ring substituents is 1. The molecule has 0 saturated carbocycles. The van der Waals surface area contributed by atoms with Crippen LogP contribution in [-0.2, 0) is 9.84 Å². The van der Waals surface area contributed by atoms with Crippen LogP contribution in [0.5, 0.6) is 0 Å². The lowest BCUT2D eigenvalue weighted by atomic mass is 10.3. The van der Waals surface area contributed by atoms with E-state index >= 15 is 0 Å². The Morgan fingerprint density at radius 1 is 1.26 bits per heavy atom. The van der Waals surface area contributed by atoms with E-state index in [2.05, 4.69) is 14.6 Å². The first-order valence-corrected chi connectivity index (χ1v) is 6.16. The second kappa shape index (κ2) is 4.46. The summed E-state index contributed by atoms with van der Waals surface area (Å²) in [6.45, 7) is 0. The summed E-state index contributed by atoms with van der Waals surface area (Å²) in [6, 6.07) is 5.66. The van der Waals surface area contributed by atoms with Crippen molar-refractivity contribution < 1.29 is 17.8 Å². The highest BCUT2D eigenvalue weighted by Gasteiger charge is 2.25. The molecule has 10 heteroatoms. The fourth-order valence-corrected chi connectivity index (χ4v) is 2.24. The van der Waals surface area contributed by atoms with Crippen LogP contribution in [-0.4, -0.2) is 23.5 Å². The Labute approximate surface area is 106 Å². The lowest BCUT2D eigenvalue weighted by Gasteiger charge is -1.98. The molecule has 19 heavy (non-hydrogen) atoms. The number of rotatable bonds is 3. The summed E-state index contributed by atoms with van der Waals surface area (Å²) in [5.41, 5.74) is -0.248. The summed E-state index contributed by atoms with van der Waals surface area (Å²) < 4.78 is 28.6. The molecule has 0 aliphatic rings. The highest BCUT2D eigenvalue weighted by Crippen LogP contribution is 2.21. The third kappa shape index (κ3) is 2.26. The summed E-state index contributed by atoms with van der Waals surface area (Å²) in [5, 5.41) is 24.6. The molecule has 1 aromatic carbocycles. The molecular formula is C9H4N4O5S. The number of non-ortho nitro benzene ring substituents is 1. The van der Waals surface area contributed by atoms with Gasteiger partial charge in [0.05, 0.1) is 9.82 Å². The summed E-state index contributed by atoms with van der Waals surface area (Å²) in [6.07, 6.45) is 0. The van der Waals surface area contributed by atoms with Crippen molar-refractivity contribution in [3.63, 3.8) is 0 Å². The van der Waals surface area contributed by atoms with Gasteiger partial charge in [0, 0.05) is 12.1 Å². The number of hydrogen-bond donors (Lipinski definition) is 0. The Morgan fingerprint density at radius 2 is 1.89 bits per heavy atom. The minimum atomic E-state index is -4.08. The molecule has 0 aliphatic carbocycles. The minimum absolute atomic E-state index is 0.244. The van der Waals surface area contributed by atoms with Crippen LogP contribution in [0.25, 0.3) is 0 Å². The number of hydrogen-bond acceptors (Lipinski definition) is 8. The molecule has 0 amide bonds. The van der Waals surface area contributed by atoms with Crippen molar-refractivity contribution in [2.24, 2.45) is 0 Å². The molecule has 9 nitrogen and oxygen atoms in total. The second-order valence-electron chi connectivity index (χ2n) is 3.24. The number of nitrogens with zero attached hydrogens (tertiary/aromatic N) is 4. The van der Waals surface area contributed by atoms with Crippen LogP contribution >= 0.6 is 0 Å². The van der Waals surface area contributed by atoms with E-state index < -0.39 is 25.9 Å². The molecule has 0 radical (unpaired) electrons. The molecule has 2 rings (SSSR count). The van der Waals surface area contributed by atoms with Crippen molar-refractivity contribution in [3.05, 3.63) is 40.3 Å². The van der Waals surface area contributed by atoms with Gasteiger partial charge < -0.3 is 4.42 Å². The van der Waals surface area contributed by atoms with E-state index in [1.165, 1.54) is 6.07 Å². The van der Waals surface area contributed by atoms with Gasteiger partial charge in [-0.3, -0.25) is 10.1 Å². The Kier molecular flexibility index (Phi) is 2.97. The molecule has 1 heterocycles. The fraction of sp³-hybridized carbons (Fsp3) is 0. The van der Waals surface area contributed by atoms with Crippen LogP contribution in [0.2, 0.25) is 0 Å². The summed E-state index contributed by atoms with van der Waals surface area (Å²) >= 11 is 0. The van der Waals surface area contributed by atoms with E-state index in [9.17, 15) is 18.5 Å². The monoisotopic (exact) mass is 280 g/mol. The maximum absolute atomic E-state index is 12.0. The first-order valence-electron chi connectivity index (χ1n) is 4.68. The van der Waals surface area contributed by atoms with Crippen molar-refractivity contribution in [2.75, 3.05) is 0 Å². The van der Waals surface area contributed by atoms with Crippen LogP contribution in [0, 0.1) is 21.4 Å². The Morgan fingerprint density at radius 3 is 2.37 bits per heavy atom. The third-order valence-corrected chi connectivity index (χ3v) is 3.61. The quantitative estimate of drug-likeness (QED) is 0.590. The van der Waals surface area contributed by atoms with Crippen LogP contribution in [0.1, 0.15) is 5.89 Å². The number of sulfone groups is 1. The first kappa shape index (κ1) is 12.7. The predicted molar refractivity (Wildman–Crippen MR) is 57.6 cm³/mol. The highest BCUT2D eigenvalue weighted by atomic mass is 32.2. The average Bonchev–Trinajstić information content (AvgIpc) is 2.88. The zero-order chi connectivity index (χ0) is 14.0. The number of nitro groups is 1. The highest BCUT2D eigenvalue weighted by molar-refractivity contribution is 7.91. The number of nitriles is 1. The lowest BCUT2D eigenvalue weighted by molar-refractivity contribution is -0.384. The van der Waals surface area contributed by atoms with Gasteiger partial charge in [0.25, 0.3) is 15.5 Å². The van der Waals surface area contributed by atoms with Gasteiger partial charge in [-0.1, -0.05) is 10.2 Å². The average molecular weight is 280 g/mol. The van der Waals surface area contributed by atoms with Crippen LogP contribution < -0.4 is 0 Å². The van der Waals surface area contributed by atoms with Crippen LogP contribution in [0.3, 0.4) is 0 Å². The van der Waals surface area contributed by atoms with Gasteiger partial charge in [-0.05, 0) is 12.1 Å². The largest absolute Gasteiger partial charge is 0.399 e. The lowest BCUT2D eigenvalue weighted by Crippen LogP contribution is -2.02. The van der Waals surface area contributed by atoms with E-state index in [0.29, 0.717) is 0 Å². The Hall–Kier alpha value is -2.80. The topological polar surface area (TPSA) is 140 Å². The van der Waals surface area contributed by atoms with Crippen molar-refractivity contribution in [3.8, 4) is 6.07 Å². The van der Waals surface area contributed by atoms with Gasteiger partial charge >= 0.3 is 11.1 Å². The Bertz CT molecular complexity index is 772. The van der Waals surface area contributed by atoms with Gasteiger partial charge in [0.2, 0.25) is 0 Å². The zero-order valence-electron chi connectivity index (χ0n) is 9.05. The fourth-order valence-electron chi connectivity index (χ4n) is 1.21. The molecule has 0 atom stereocenters. The smallest absolute Gasteiger partial charge is 0.341 e. The molecule has 0 saturated heterocycles. The molecule has 96 valence electrons. The molecular weight excluding hydrogens is 276 g/mol. The van der Waals surface area contributed by atoms with Crippen LogP contribution in [0.15, 0.2) is 38.8 Å². The van der Waals surface area contributed by atoms with E-state index in [4.69, 9.17) is 5.26 Å². The molecule has 2 aromatic rings. The van der Waals surface area contributed by atoms with E-state index in [1.54, 1.807) is 0 Å². The summed E-state index contributed by atoms with van der Waals surface area (Å²) in [4.78, 5) is 9.55.